The van der Waals surface area contributed by atoms with Crippen molar-refractivity contribution in [2.45, 2.75) is 26.9 Å². The molecular weight excluding hydrogens is 124 g/mol. The van der Waals surface area contributed by atoms with E-state index in [9.17, 15) is 5.11 Å². The van der Waals surface area contributed by atoms with Gasteiger partial charge >= 0.3 is 0 Å². The SMILES string of the molecule is C/C=C/C=C/C(O)C(C)C. The number of allylic oxidation sites excluding steroid dienone is 3. The van der Waals surface area contributed by atoms with Crippen LogP contribution in [0.15, 0.2) is 24.3 Å². The zero-order valence-electron chi connectivity index (χ0n) is 6.91. The largest absolute Gasteiger partial charge is 0.389 e. The molecule has 1 nitrogen and oxygen atoms in total. The van der Waals surface area contributed by atoms with Crippen LogP contribution in [0.3, 0.4) is 0 Å². The van der Waals surface area contributed by atoms with Crippen molar-refractivity contribution < 1.29 is 5.11 Å². The first-order chi connectivity index (χ1) is 4.68. The van der Waals surface area contributed by atoms with Crippen molar-refractivity contribution >= 4 is 0 Å². The monoisotopic (exact) mass is 140 g/mol. The first-order valence-corrected chi connectivity index (χ1v) is 3.66. The standard InChI is InChI=1S/C9H16O/c1-4-5-6-7-9(10)8(2)3/h4-10H,1-3H3/b5-4+,7-6+. The minimum Gasteiger partial charge on any atom is -0.389 e. The lowest BCUT2D eigenvalue weighted by Crippen LogP contribution is -2.10. The third-order valence-electron chi connectivity index (χ3n) is 1.29. The van der Waals surface area contributed by atoms with Crippen molar-refractivity contribution in [3.05, 3.63) is 24.3 Å². The normalized spacial score (nSPS) is 15.7. The summed E-state index contributed by atoms with van der Waals surface area (Å²) in [7, 11) is 0. The summed E-state index contributed by atoms with van der Waals surface area (Å²) >= 11 is 0. The molecule has 1 N–H and O–H groups in total. The summed E-state index contributed by atoms with van der Waals surface area (Å²) in [4.78, 5) is 0. The van der Waals surface area contributed by atoms with Crippen LogP contribution in [-0.4, -0.2) is 11.2 Å². The summed E-state index contributed by atoms with van der Waals surface area (Å²) < 4.78 is 0. The Bertz CT molecular complexity index is 123. The summed E-state index contributed by atoms with van der Waals surface area (Å²) in [5.74, 6) is 0.307. The number of aliphatic hydroxyl groups is 1. The highest BCUT2D eigenvalue weighted by atomic mass is 16.3. The van der Waals surface area contributed by atoms with E-state index in [0.717, 1.165) is 0 Å². The molecule has 0 amide bonds. The molecule has 0 radical (unpaired) electrons. The van der Waals surface area contributed by atoms with Gasteiger partial charge in [0.2, 0.25) is 0 Å². The number of hydrogen-bond donors (Lipinski definition) is 1. The molecule has 0 bridgehead atoms. The Kier molecular flexibility index (Phi) is 4.95. The molecule has 1 heteroatoms. The van der Waals surface area contributed by atoms with Crippen LogP contribution in [-0.2, 0) is 0 Å². The molecule has 0 saturated carbocycles. The van der Waals surface area contributed by atoms with E-state index in [1.165, 1.54) is 0 Å². The Balaban J connectivity index is 3.66. The van der Waals surface area contributed by atoms with E-state index in [1.54, 1.807) is 6.08 Å². The van der Waals surface area contributed by atoms with E-state index < -0.39 is 0 Å². The van der Waals surface area contributed by atoms with Crippen molar-refractivity contribution in [2.24, 2.45) is 5.92 Å². The van der Waals surface area contributed by atoms with E-state index in [4.69, 9.17) is 0 Å². The second-order valence-electron chi connectivity index (χ2n) is 2.65. The number of hydrogen-bond acceptors (Lipinski definition) is 1. The smallest absolute Gasteiger partial charge is 0.0746 e. The van der Waals surface area contributed by atoms with Crippen LogP contribution in [0, 0.1) is 5.92 Å². The van der Waals surface area contributed by atoms with Gasteiger partial charge in [0.1, 0.15) is 0 Å². The first-order valence-electron chi connectivity index (χ1n) is 3.66. The maximum absolute atomic E-state index is 9.23. The Labute approximate surface area is 63.1 Å². The molecule has 0 aromatic carbocycles. The fourth-order valence-corrected chi connectivity index (χ4v) is 0.511. The topological polar surface area (TPSA) is 20.2 Å². The lowest BCUT2D eigenvalue weighted by molar-refractivity contribution is 0.172. The highest BCUT2D eigenvalue weighted by Crippen LogP contribution is 2.01. The van der Waals surface area contributed by atoms with Crippen molar-refractivity contribution in [3.63, 3.8) is 0 Å². The van der Waals surface area contributed by atoms with Crippen molar-refractivity contribution in [1.82, 2.24) is 0 Å². The van der Waals surface area contributed by atoms with Gasteiger partial charge in [-0.15, -0.1) is 0 Å². The van der Waals surface area contributed by atoms with Gasteiger partial charge in [0, 0.05) is 0 Å². The lowest BCUT2D eigenvalue weighted by atomic mass is 10.1. The molecule has 0 saturated heterocycles. The lowest BCUT2D eigenvalue weighted by Gasteiger charge is -2.07. The average Bonchev–Trinajstić information content (AvgIpc) is 1.88. The number of aliphatic hydroxyl groups excluding tert-OH is 1. The van der Waals surface area contributed by atoms with Gasteiger partial charge in [-0.2, -0.15) is 0 Å². The highest BCUT2D eigenvalue weighted by molar-refractivity contribution is 5.03. The summed E-state index contributed by atoms with van der Waals surface area (Å²) in [6.07, 6.45) is 7.20. The Morgan fingerprint density at radius 3 is 2.20 bits per heavy atom. The molecule has 0 heterocycles. The first kappa shape index (κ1) is 9.44. The Hall–Kier alpha value is -0.560. The zero-order valence-corrected chi connectivity index (χ0v) is 6.91. The maximum atomic E-state index is 9.23. The fraction of sp³-hybridized carbons (Fsp3) is 0.556. The van der Waals surface area contributed by atoms with Gasteiger partial charge in [0.05, 0.1) is 6.10 Å². The molecule has 0 aromatic heterocycles. The van der Waals surface area contributed by atoms with Gasteiger partial charge in [-0.25, -0.2) is 0 Å². The van der Waals surface area contributed by atoms with E-state index in [-0.39, 0.29) is 6.10 Å². The highest BCUT2D eigenvalue weighted by Gasteiger charge is 2.01. The summed E-state index contributed by atoms with van der Waals surface area (Å²) in [6, 6.07) is 0. The third kappa shape index (κ3) is 4.33. The molecule has 0 aliphatic carbocycles. The minimum absolute atomic E-state index is 0.307. The van der Waals surface area contributed by atoms with Gasteiger partial charge in [0.25, 0.3) is 0 Å². The molecule has 1 unspecified atom stereocenters. The molecule has 0 spiro atoms. The van der Waals surface area contributed by atoms with Crippen LogP contribution in [0.25, 0.3) is 0 Å². The molecule has 10 heavy (non-hydrogen) atoms. The second-order valence-corrected chi connectivity index (χ2v) is 2.65. The second kappa shape index (κ2) is 5.24. The van der Waals surface area contributed by atoms with E-state index >= 15 is 0 Å². The van der Waals surface area contributed by atoms with Gasteiger partial charge in [-0.05, 0) is 12.8 Å². The molecule has 0 rings (SSSR count). The summed E-state index contributed by atoms with van der Waals surface area (Å²) in [5.41, 5.74) is 0. The van der Waals surface area contributed by atoms with Crippen LogP contribution >= 0.6 is 0 Å². The summed E-state index contributed by atoms with van der Waals surface area (Å²) in [6.45, 7) is 5.93. The van der Waals surface area contributed by atoms with Gasteiger partial charge in [-0.1, -0.05) is 38.2 Å². The van der Waals surface area contributed by atoms with Crippen molar-refractivity contribution in [2.75, 3.05) is 0 Å². The number of rotatable bonds is 3. The minimum atomic E-state index is -0.309. The molecule has 1 atom stereocenters. The van der Waals surface area contributed by atoms with E-state index in [0.29, 0.717) is 5.92 Å². The van der Waals surface area contributed by atoms with E-state index in [2.05, 4.69) is 0 Å². The predicted molar refractivity (Wildman–Crippen MR) is 44.8 cm³/mol. The fourth-order valence-electron chi connectivity index (χ4n) is 0.511. The van der Waals surface area contributed by atoms with Gasteiger partial charge < -0.3 is 5.11 Å². The van der Waals surface area contributed by atoms with Crippen LogP contribution in [0.2, 0.25) is 0 Å². The van der Waals surface area contributed by atoms with Crippen LogP contribution < -0.4 is 0 Å². The van der Waals surface area contributed by atoms with Crippen LogP contribution in [0.4, 0.5) is 0 Å². The Morgan fingerprint density at radius 1 is 1.20 bits per heavy atom. The predicted octanol–water partition coefficient (Wildman–Crippen LogP) is 2.14. The van der Waals surface area contributed by atoms with Gasteiger partial charge in [0.15, 0.2) is 0 Å². The molecule has 0 fully saturated rings. The van der Waals surface area contributed by atoms with Crippen LogP contribution in [0.1, 0.15) is 20.8 Å². The molecular formula is C9H16O. The quantitative estimate of drug-likeness (QED) is 0.595. The molecule has 0 aliphatic rings. The zero-order chi connectivity index (χ0) is 7.98. The maximum Gasteiger partial charge on any atom is 0.0746 e. The Morgan fingerprint density at radius 2 is 1.80 bits per heavy atom. The molecule has 0 aliphatic heterocycles. The van der Waals surface area contributed by atoms with Crippen molar-refractivity contribution in [3.8, 4) is 0 Å². The molecule has 0 aromatic rings. The summed E-state index contributed by atoms with van der Waals surface area (Å²) in [5, 5.41) is 9.23. The van der Waals surface area contributed by atoms with Gasteiger partial charge in [-0.3, -0.25) is 0 Å². The third-order valence-corrected chi connectivity index (χ3v) is 1.29. The van der Waals surface area contributed by atoms with Crippen molar-refractivity contribution in [1.29, 1.82) is 0 Å². The molecule has 58 valence electrons. The van der Waals surface area contributed by atoms with E-state index in [1.807, 2.05) is 39.0 Å². The average molecular weight is 140 g/mol. The van der Waals surface area contributed by atoms with Crippen LogP contribution in [0.5, 0.6) is 0 Å².